The minimum Gasteiger partial charge on any atom is -0.334 e. The molecule has 1 aliphatic rings. The van der Waals surface area contributed by atoms with E-state index in [9.17, 15) is 4.79 Å². The summed E-state index contributed by atoms with van der Waals surface area (Å²) in [5.41, 5.74) is 0. The molecular weight excluding hydrogens is 312 g/mol. The van der Waals surface area contributed by atoms with Crippen LogP contribution in [0.2, 0.25) is 0 Å². The Bertz CT molecular complexity index is 421. The standard InChI is InChI=1S/C13H19BrN2OS/c1-3-10-9-15(2)6-4-7-16(10)13(17)12-11(14)5-8-18-12/h5,8,10H,3-4,6-7,9H2,1-2H3. The lowest BCUT2D eigenvalue weighted by molar-refractivity contribution is 0.0680. The van der Waals surface area contributed by atoms with Crippen molar-refractivity contribution in [2.45, 2.75) is 25.8 Å². The van der Waals surface area contributed by atoms with Gasteiger partial charge < -0.3 is 9.80 Å². The molecule has 0 aliphatic carbocycles. The molecule has 0 saturated carbocycles. The number of carbonyl (C=O) groups is 1. The second-order valence-corrected chi connectivity index (χ2v) is 6.54. The molecule has 2 heterocycles. The Hall–Kier alpha value is -0.390. The Morgan fingerprint density at radius 2 is 2.33 bits per heavy atom. The zero-order chi connectivity index (χ0) is 13.1. The van der Waals surface area contributed by atoms with Crippen LogP contribution in [0.4, 0.5) is 0 Å². The van der Waals surface area contributed by atoms with E-state index in [1.54, 1.807) is 0 Å². The molecule has 1 saturated heterocycles. The first-order valence-electron chi connectivity index (χ1n) is 6.36. The lowest BCUT2D eigenvalue weighted by Gasteiger charge is -2.30. The van der Waals surface area contributed by atoms with Gasteiger partial charge in [0.2, 0.25) is 0 Å². The van der Waals surface area contributed by atoms with E-state index in [-0.39, 0.29) is 5.91 Å². The molecule has 5 heteroatoms. The summed E-state index contributed by atoms with van der Waals surface area (Å²) in [6.45, 7) is 5.08. The molecule has 1 aromatic rings. The molecule has 2 rings (SSSR count). The quantitative estimate of drug-likeness (QED) is 0.832. The number of amides is 1. The SMILES string of the molecule is CCC1CN(C)CCCN1C(=O)c1sccc1Br. The molecule has 0 aromatic carbocycles. The number of carbonyl (C=O) groups excluding carboxylic acids is 1. The van der Waals surface area contributed by atoms with Crippen molar-refractivity contribution in [1.29, 1.82) is 0 Å². The highest BCUT2D eigenvalue weighted by molar-refractivity contribution is 9.10. The first kappa shape index (κ1) is 14.0. The lowest BCUT2D eigenvalue weighted by atomic mass is 10.2. The Balaban J connectivity index is 2.19. The van der Waals surface area contributed by atoms with Gasteiger partial charge in [-0.25, -0.2) is 0 Å². The van der Waals surface area contributed by atoms with Crippen LogP contribution in [0.5, 0.6) is 0 Å². The van der Waals surface area contributed by atoms with Crippen molar-refractivity contribution in [3.63, 3.8) is 0 Å². The van der Waals surface area contributed by atoms with Gasteiger partial charge in [0.1, 0.15) is 4.88 Å². The Kier molecular flexibility index (Phi) is 4.81. The van der Waals surface area contributed by atoms with Gasteiger partial charge in [-0.2, -0.15) is 0 Å². The van der Waals surface area contributed by atoms with E-state index in [1.807, 2.05) is 11.4 Å². The summed E-state index contributed by atoms with van der Waals surface area (Å²) < 4.78 is 0.921. The maximum atomic E-state index is 12.6. The highest BCUT2D eigenvalue weighted by Crippen LogP contribution is 2.26. The topological polar surface area (TPSA) is 23.6 Å². The van der Waals surface area contributed by atoms with Crippen LogP contribution >= 0.6 is 27.3 Å². The summed E-state index contributed by atoms with van der Waals surface area (Å²) in [6, 6.07) is 2.28. The monoisotopic (exact) mass is 330 g/mol. The van der Waals surface area contributed by atoms with Gasteiger partial charge in [-0.15, -0.1) is 11.3 Å². The summed E-state index contributed by atoms with van der Waals surface area (Å²) in [5.74, 6) is 0.180. The highest BCUT2D eigenvalue weighted by atomic mass is 79.9. The Morgan fingerprint density at radius 1 is 1.56 bits per heavy atom. The smallest absolute Gasteiger partial charge is 0.265 e. The van der Waals surface area contributed by atoms with E-state index < -0.39 is 0 Å². The van der Waals surface area contributed by atoms with Crippen molar-refractivity contribution in [3.05, 3.63) is 20.8 Å². The van der Waals surface area contributed by atoms with Crippen LogP contribution in [0.25, 0.3) is 0 Å². The van der Waals surface area contributed by atoms with Gasteiger partial charge in [0, 0.05) is 23.6 Å². The molecule has 0 radical (unpaired) electrons. The summed E-state index contributed by atoms with van der Waals surface area (Å²) in [4.78, 5) is 17.8. The first-order valence-corrected chi connectivity index (χ1v) is 8.03. The van der Waals surface area contributed by atoms with Crippen molar-refractivity contribution in [3.8, 4) is 0 Å². The molecule has 1 unspecified atom stereocenters. The fourth-order valence-electron chi connectivity index (χ4n) is 2.44. The number of rotatable bonds is 2. The first-order chi connectivity index (χ1) is 8.63. The highest BCUT2D eigenvalue weighted by Gasteiger charge is 2.28. The number of hydrogen-bond donors (Lipinski definition) is 0. The summed E-state index contributed by atoms with van der Waals surface area (Å²) in [5, 5.41) is 1.96. The van der Waals surface area contributed by atoms with Gasteiger partial charge >= 0.3 is 0 Å². The van der Waals surface area contributed by atoms with Crippen molar-refractivity contribution in [1.82, 2.24) is 9.80 Å². The van der Waals surface area contributed by atoms with Gasteiger partial charge in [0.05, 0.1) is 0 Å². The molecule has 0 spiro atoms. The number of thiophene rings is 1. The third kappa shape index (κ3) is 2.95. The minimum atomic E-state index is 0.180. The van der Waals surface area contributed by atoms with Gasteiger partial charge in [-0.3, -0.25) is 4.79 Å². The van der Waals surface area contributed by atoms with E-state index in [4.69, 9.17) is 0 Å². The van der Waals surface area contributed by atoms with Gasteiger partial charge in [0.15, 0.2) is 0 Å². The number of nitrogens with zero attached hydrogens (tertiary/aromatic N) is 2. The van der Waals surface area contributed by atoms with E-state index in [1.165, 1.54) is 11.3 Å². The maximum Gasteiger partial charge on any atom is 0.265 e. The van der Waals surface area contributed by atoms with Crippen LogP contribution in [0, 0.1) is 0 Å². The van der Waals surface area contributed by atoms with Crippen LogP contribution in [0.15, 0.2) is 15.9 Å². The number of likely N-dealkylation sites (N-methyl/N-ethyl adjacent to an activating group) is 1. The van der Waals surface area contributed by atoms with Crippen molar-refractivity contribution < 1.29 is 4.79 Å². The van der Waals surface area contributed by atoms with E-state index in [2.05, 4.69) is 39.7 Å². The van der Waals surface area contributed by atoms with E-state index >= 15 is 0 Å². The molecule has 0 bridgehead atoms. The molecule has 1 fully saturated rings. The molecule has 1 amide bonds. The molecule has 1 aliphatic heterocycles. The largest absolute Gasteiger partial charge is 0.334 e. The average molecular weight is 331 g/mol. The third-order valence-electron chi connectivity index (χ3n) is 3.45. The van der Waals surface area contributed by atoms with E-state index in [0.717, 1.165) is 41.8 Å². The van der Waals surface area contributed by atoms with Crippen molar-refractivity contribution in [2.24, 2.45) is 0 Å². The zero-order valence-corrected chi connectivity index (χ0v) is 13.3. The second kappa shape index (κ2) is 6.17. The average Bonchev–Trinajstić information content (AvgIpc) is 2.68. The fourth-order valence-corrected chi connectivity index (χ4v) is 3.93. The van der Waals surface area contributed by atoms with Crippen molar-refractivity contribution >= 4 is 33.2 Å². The molecule has 18 heavy (non-hydrogen) atoms. The summed E-state index contributed by atoms with van der Waals surface area (Å²) in [6.07, 6.45) is 2.07. The van der Waals surface area contributed by atoms with E-state index in [0.29, 0.717) is 6.04 Å². The molecule has 0 N–H and O–H groups in total. The predicted molar refractivity (Wildman–Crippen MR) is 79.2 cm³/mol. The maximum absolute atomic E-state index is 12.6. The minimum absolute atomic E-state index is 0.180. The Morgan fingerprint density at radius 3 is 2.94 bits per heavy atom. The zero-order valence-electron chi connectivity index (χ0n) is 10.9. The molecule has 1 atom stereocenters. The van der Waals surface area contributed by atoms with Crippen LogP contribution in [-0.2, 0) is 0 Å². The van der Waals surface area contributed by atoms with Gasteiger partial charge in [-0.1, -0.05) is 6.92 Å². The molecule has 3 nitrogen and oxygen atoms in total. The fraction of sp³-hybridized carbons (Fsp3) is 0.615. The number of halogens is 1. The normalized spacial score (nSPS) is 21.9. The number of hydrogen-bond acceptors (Lipinski definition) is 3. The molecule has 100 valence electrons. The Labute approximate surface area is 121 Å². The second-order valence-electron chi connectivity index (χ2n) is 4.77. The summed E-state index contributed by atoms with van der Waals surface area (Å²) in [7, 11) is 2.14. The molecular formula is C13H19BrN2OS. The van der Waals surface area contributed by atoms with Crippen LogP contribution in [-0.4, -0.2) is 48.4 Å². The lowest BCUT2D eigenvalue weighted by Crippen LogP contribution is -2.43. The van der Waals surface area contributed by atoms with Crippen LogP contribution in [0.3, 0.4) is 0 Å². The van der Waals surface area contributed by atoms with Crippen molar-refractivity contribution in [2.75, 3.05) is 26.7 Å². The molecule has 1 aromatic heterocycles. The summed E-state index contributed by atoms with van der Waals surface area (Å²) >= 11 is 4.98. The van der Waals surface area contributed by atoms with Crippen LogP contribution < -0.4 is 0 Å². The van der Waals surface area contributed by atoms with Crippen LogP contribution in [0.1, 0.15) is 29.4 Å². The van der Waals surface area contributed by atoms with Gasteiger partial charge in [0.25, 0.3) is 5.91 Å². The third-order valence-corrected chi connectivity index (χ3v) is 5.27. The predicted octanol–water partition coefficient (Wildman–Crippen LogP) is 3.07. The van der Waals surface area contributed by atoms with Gasteiger partial charge in [-0.05, 0) is 53.8 Å².